The van der Waals surface area contributed by atoms with Gasteiger partial charge in [0.2, 0.25) is 0 Å². The Morgan fingerprint density at radius 1 is 1.45 bits per heavy atom. The third kappa shape index (κ3) is 4.03. The summed E-state index contributed by atoms with van der Waals surface area (Å²) in [6.07, 6.45) is 1.59. The highest BCUT2D eigenvalue weighted by Gasteiger charge is 2.22. The SMILES string of the molecule is CCCC(C)C(=O)Oc1cccc([N+](=O)[O-])c1COC. The number of benzene rings is 1. The van der Waals surface area contributed by atoms with Gasteiger partial charge in [-0.05, 0) is 12.5 Å². The van der Waals surface area contributed by atoms with Crippen molar-refractivity contribution in [2.75, 3.05) is 7.11 Å². The van der Waals surface area contributed by atoms with Gasteiger partial charge in [-0.25, -0.2) is 0 Å². The molecule has 0 amide bonds. The number of rotatable bonds is 7. The van der Waals surface area contributed by atoms with E-state index in [0.29, 0.717) is 6.42 Å². The van der Waals surface area contributed by atoms with Crippen LogP contribution in [0.1, 0.15) is 32.3 Å². The molecular weight excluding hydrogens is 262 g/mol. The second-order valence-electron chi connectivity index (χ2n) is 4.55. The molecule has 1 rings (SSSR count). The maximum absolute atomic E-state index is 11.9. The molecule has 0 radical (unpaired) electrons. The lowest BCUT2D eigenvalue weighted by Gasteiger charge is -2.13. The average Bonchev–Trinajstić information content (AvgIpc) is 2.40. The third-order valence-corrected chi connectivity index (χ3v) is 2.93. The minimum atomic E-state index is -0.513. The van der Waals surface area contributed by atoms with E-state index in [1.54, 1.807) is 6.92 Å². The fraction of sp³-hybridized carbons (Fsp3) is 0.500. The van der Waals surface area contributed by atoms with Gasteiger partial charge in [0.25, 0.3) is 5.69 Å². The van der Waals surface area contributed by atoms with Crippen molar-refractivity contribution in [2.45, 2.75) is 33.3 Å². The summed E-state index contributed by atoms with van der Waals surface area (Å²) in [5, 5.41) is 11.0. The molecule has 0 fully saturated rings. The zero-order chi connectivity index (χ0) is 15.1. The number of hydrogen-bond acceptors (Lipinski definition) is 5. The number of carbonyl (C=O) groups excluding carboxylic acids is 1. The first kappa shape index (κ1) is 16.1. The van der Waals surface area contributed by atoms with E-state index in [1.807, 2.05) is 6.92 Å². The van der Waals surface area contributed by atoms with Crippen LogP contribution in [0, 0.1) is 16.0 Å². The average molecular weight is 281 g/mol. The highest BCUT2D eigenvalue weighted by atomic mass is 16.6. The molecule has 0 heterocycles. The number of hydrogen-bond donors (Lipinski definition) is 0. The lowest BCUT2D eigenvalue weighted by molar-refractivity contribution is -0.386. The van der Waals surface area contributed by atoms with Crippen molar-refractivity contribution in [3.63, 3.8) is 0 Å². The van der Waals surface area contributed by atoms with Gasteiger partial charge >= 0.3 is 5.97 Å². The van der Waals surface area contributed by atoms with Crippen LogP contribution in [0.15, 0.2) is 18.2 Å². The van der Waals surface area contributed by atoms with Crippen LogP contribution in [0.2, 0.25) is 0 Å². The van der Waals surface area contributed by atoms with Crippen LogP contribution in [0.3, 0.4) is 0 Å². The Morgan fingerprint density at radius 3 is 2.70 bits per heavy atom. The van der Waals surface area contributed by atoms with Gasteiger partial charge in [0.05, 0.1) is 23.0 Å². The summed E-state index contributed by atoms with van der Waals surface area (Å²) < 4.78 is 10.2. The van der Waals surface area contributed by atoms with Gasteiger partial charge in [-0.1, -0.05) is 26.3 Å². The van der Waals surface area contributed by atoms with E-state index >= 15 is 0 Å². The molecule has 6 heteroatoms. The molecule has 1 atom stereocenters. The van der Waals surface area contributed by atoms with Gasteiger partial charge in [0.15, 0.2) is 0 Å². The topological polar surface area (TPSA) is 78.7 Å². The number of nitro groups is 1. The Labute approximate surface area is 117 Å². The Bertz CT molecular complexity index is 486. The molecule has 110 valence electrons. The Morgan fingerprint density at radius 2 is 2.15 bits per heavy atom. The molecule has 0 bridgehead atoms. The number of nitrogens with zero attached hydrogens (tertiary/aromatic N) is 1. The summed E-state index contributed by atoms with van der Waals surface area (Å²) in [6.45, 7) is 3.77. The van der Waals surface area contributed by atoms with E-state index < -0.39 is 4.92 Å². The zero-order valence-electron chi connectivity index (χ0n) is 11.9. The van der Waals surface area contributed by atoms with E-state index in [2.05, 4.69) is 0 Å². The second-order valence-corrected chi connectivity index (χ2v) is 4.55. The van der Waals surface area contributed by atoms with Crippen molar-refractivity contribution in [3.05, 3.63) is 33.9 Å². The summed E-state index contributed by atoms with van der Waals surface area (Å²) >= 11 is 0. The molecular formula is C14H19NO5. The van der Waals surface area contributed by atoms with Crippen molar-refractivity contribution < 1.29 is 19.2 Å². The van der Waals surface area contributed by atoms with E-state index in [-0.39, 0.29) is 35.5 Å². The van der Waals surface area contributed by atoms with E-state index in [4.69, 9.17) is 9.47 Å². The van der Waals surface area contributed by atoms with Gasteiger partial charge in [-0.2, -0.15) is 0 Å². The monoisotopic (exact) mass is 281 g/mol. The molecule has 0 saturated heterocycles. The molecule has 0 aliphatic rings. The number of ether oxygens (including phenoxy) is 2. The largest absolute Gasteiger partial charge is 0.426 e. The number of esters is 1. The van der Waals surface area contributed by atoms with Gasteiger partial charge < -0.3 is 9.47 Å². The zero-order valence-corrected chi connectivity index (χ0v) is 11.9. The lowest BCUT2D eigenvalue weighted by Crippen LogP contribution is -2.18. The van der Waals surface area contributed by atoms with Gasteiger partial charge in [-0.3, -0.25) is 14.9 Å². The first-order valence-corrected chi connectivity index (χ1v) is 6.48. The Balaban J connectivity index is 3.02. The Hall–Kier alpha value is -1.95. The molecule has 1 unspecified atom stereocenters. The fourth-order valence-corrected chi connectivity index (χ4v) is 1.87. The number of nitro benzene ring substituents is 1. The van der Waals surface area contributed by atoms with Crippen LogP contribution in [0.5, 0.6) is 5.75 Å². The maximum Gasteiger partial charge on any atom is 0.314 e. The summed E-state index contributed by atoms with van der Waals surface area (Å²) in [7, 11) is 1.43. The molecule has 1 aromatic rings. The van der Waals surface area contributed by atoms with Crippen LogP contribution in [0.25, 0.3) is 0 Å². The third-order valence-electron chi connectivity index (χ3n) is 2.93. The highest BCUT2D eigenvalue weighted by Crippen LogP contribution is 2.29. The minimum Gasteiger partial charge on any atom is -0.426 e. The van der Waals surface area contributed by atoms with Gasteiger partial charge in [0.1, 0.15) is 5.75 Å². The summed E-state index contributed by atoms with van der Waals surface area (Å²) in [5.41, 5.74) is 0.164. The Kier molecular flexibility index (Phi) is 6.11. The molecule has 0 N–H and O–H groups in total. The molecule has 0 aliphatic carbocycles. The molecule has 0 spiro atoms. The van der Waals surface area contributed by atoms with Crippen molar-refractivity contribution in [3.8, 4) is 5.75 Å². The van der Waals surface area contributed by atoms with Crippen LogP contribution < -0.4 is 4.74 Å². The first-order valence-electron chi connectivity index (χ1n) is 6.48. The molecule has 1 aromatic carbocycles. The molecule has 0 aromatic heterocycles. The van der Waals surface area contributed by atoms with Crippen LogP contribution in [-0.4, -0.2) is 18.0 Å². The van der Waals surface area contributed by atoms with Crippen molar-refractivity contribution in [1.82, 2.24) is 0 Å². The first-order chi connectivity index (χ1) is 9.51. The van der Waals surface area contributed by atoms with E-state index in [1.165, 1.54) is 25.3 Å². The predicted molar refractivity (Wildman–Crippen MR) is 73.5 cm³/mol. The summed E-state index contributed by atoms with van der Waals surface area (Å²) in [5.74, 6) is -0.437. The standard InChI is InChI=1S/C14H19NO5/c1-4-6-10(2)14(16)20-13-8-5-7-12(15(17)18)11(13)9-19-3/h5,7-8,10H,4,6,9H2,1-3H3. The molecule has 0 aliphatic heterocycles. The second kappa shape index (κ2) is 7.59. The summed E-state index contributed by atoms with van der Waals surface area (Å²) in [6, 6.07) is 4.39. The van der Waals surface area contributed by atoms with Gasteiger partial charge in [0, 0.05) is 13.2 Å². The van der Waals surface area contributed by atoms with Crippen LogP contribution in [-0.2, 0) is 16.1 Å². The number of methoxy groups -OCH3 is 1. The molecule has 6 nitrogen and oxygen atoms in total. The van der Waals surface area contributed by atoms with E-state index in [0.717, 1.165) is 6.42 Å². The highest BCUT2D eigenvalue weighted by molar-refractivity contribution is 5.75. The van der Waals surface area contributed by atoms with E-state index in [9.17, 15) is 14.9 Å². The summed E-state index contributed by atoms with van der Waals surface area (Å²) in [4.78, 5) is 22.4. The lowest BCUT2D eigenvalue weighted by atomic mass is 10.1. The van der Waals surface area contributed by atoms with Crippen molar-refractivity contribution in [1.29, 1.82) is 0 Å². The maximum atomic E-state index is 11.9. The van der Waals surface area contributed by atoms with Crippen LogP contribution >= 0.6 is 0 Å². The van der Waals surface area contributed by atoms with Crippen molar-refractivity contribution >= 4 is 11.7 Å². The number of carbonyl (C=O) groups is 1. The molecule has 0 saturated carbocycles. The fourth-order valence-electron chi connectivity index (χ4n) is 1.87. The van der Waals surface area contributed by atoms with Crippen LogP contribution in [0.4, 0.5) is 5.69 Å². The normalized spacial score (nSPS) is 11.9. The smallest absolute Gasteiger partial charge is 0.314 e. The minimum absolute atomic E-state index is 0.0158. The van der Waals surface area contributed by atoms with Gasteiger partial charge in [-0.15, -0.1) is 0 Å². The molecule has 20 heavy (non-hydrogen) atoms. The van der Waals surface area contributed by atoms with Crippen molar-refractivity contribution in [2.24, 2.45) is 5.92 Å². The predicted octanol–water partition coefficient (Wildman–Crippen LogP) is 3.08. The quantitative estimate of drug-likeness (QED) is 0.332.